The second kappa shape index (κ2) is 8.50. The summed E-state index contributed by atoms with van der Waals surface area (Å²) in [7, 11) is 1.90. The number of hydrogen-bond donors (Lipinski definition) is 2. The van der Waals surface area contributed by atoms with E-state index in [4.69, 9.17) is 0 Å². The summed E-state index contributed by atoms with van der Waals surface area (Å²) in [5, 5.41) is 18.8. The number of benzene rings is 1. The molecule has 0 spiro atoms. The number of aromatic nitrogens is 3. The highest BCUT2D eigenvalue weighted by Gasteiger charge is 2.21. The van der Waals surface area contributed by atoms with Crippen molar-refractivity contribution in [3.63, 3.8) is 0 Å². The van der Waals surface area contributed by atoms with E-state index in [1.54, 1.807) is 18.2 Å². The number of nitrogens with one attached hydrogen (secondary N) is 2. The van der Waals surface area contributed by atoms with E-state index < -0.39 is 4.92 Å². The third kappa shape index (κ3) is 4.11. The Balaban J connectivity index is 1.64. The molecular formula is C21H25N6O3+. The maximum Gasteiger partial charge on any atom is 0.271 e. The molecule has 30 heavy (non-hydrogen) atoms. The van der Waals surface area contributed by atoms with E-state index >= 15 is 0 Å². The van der Waals surface area contributed by atoms with Crippen LogP contribution in [-0.2, 0) is 7.05 Å². The largest absolute Gasteiger partial charge is 0.349 e. The highest BCUT2D eigenvalue weighted by Crippen LogP contribution is 2.23. The van der Waals surface area contributed by atoms with E-state index in [1.165, 1.54) is 34.6 Å². The number of aryl methyl sites for hydroxylation is 1. The van der Waals surface area contributed by atoms with Crippen LogP contribution in [-0.4, -0.2) is 51.4 Å². The molecule has 0 atom stereocenters. The van der Waals surface area contributed by atoms with E-state index in [-0.39, 0.29) is 11.6 Å². The van der Waals surface area contributed by atoms with Crippen molar-refractivity contribution in [2.24, 2.45) is 7.05 Å². The van der Waals surface area contributed by atoms with Gasteiger partial charge in [-0.3, -0.25) is 14.9 Å². The lowest BCUT2D eigenvalue weighted by molar-refractivity contribution is -0.886. The lowest BCUT2D eigenvalue weighted by atomic mass is 10.2. The minimum atomic E-state index is -0.455. The highest BCUT2D eigenvalue weighted by molar-refractivity contribution is 5.94. The molecule has 1 amide bonds. The molecule has 2 N–H and O–H groups in total. The van der Waals surface area contributed by atoms with Crippen LogP contribution in [0.4, 0.5) is 5.69 Å². The molecule has 1 fully saturated rings. The number of quaternary nitrogens is 1. The van der Waals surface area contributed by atoms with Crippen LogP contribution in [0.1, 0.15) is 23.3 Å². The smallest absolute Gasteiger partial charge is 0.271 e. The zero-order valence-electron chi connectivity index (χ0n) is 16.9. The SMILES string of the molecule is Cn1cccc1-c1cc(C(=O)NCC[NH+]2CCCC2)n(-c2cccc([N+](=O)[O-])c2)n1. The number of likely N-dealkylation sites (tertiary alicyclic amines) is 1. The zero-order valence-corrected chi connectivity index (χ0v) is 16.9. The number of carbonyl (C=O) groups is 1. The van der Waals surface area contributed by atoms with Gasteiger partial charge in [0.15, 0.2) is 0 Å². The Morgan fingerprint density at radius 2 is 2.03 bits per heavy atom. The fraction of sp³-hybridized carbons (Fsp3) is 0.333. The Morgan fingerprint density at radius 3 is 2.73 bits per heavy atom. The molecule has 2 aromatic heterocycles. The fourth-order valence-electron chi connectivity index (χ4n) is 3.90. The van der Waals surface area contributed by atoms with Crippen LogP contribution >= 0.6 is 0 Å². The summed E-state index contributed by atoms with van der Waals surface area (Å²) in [4.78, 5) is 25.2. The summed E-state index contributed by atoms with van der Waals surface area (Å²) in [6, 6.07) is 11.7. The highest BCUT2D eigenvalue weighted by atomic mass is 16.6. The fourth-order valence-corrected chi connectivity index (χ4v) is 3.90. The number of non-ortho nitro benzene ring substituents is 1. The number of hydrogen-bond acceptors (Lipinski definition) is 4. The molecule has 1 aliphatic heterocycles. The first kappa shape index (κ1) is 19.8. The van der Waals surface area contributed by atoms with Gasteiger partial charge in [-0.05, 0) is 24.3 Å². The molecule has 0 bridgehead atoms. The van der Waals surface area contributed by atoms with Crippen LogP contribution in [0, 0.1) is 10.1 Å². The van der Waals surface area contributed by atoms with Crippen LogP contribution < -0.4 is 10.2 Å². The molecule has 3 heterocycles. The number of nitro groups is 1. The van der Waals surface area contributed by atoms with Crippen molar-refractivity contribution in [2.45, 2.75) is 12.8 Å². The molecule has 0 aliphatic carbocycles. The first-order chi connectivity index (χ1) is 14.5. The van der Waals surface area contributed by atoms with Gasteiger partial charge in [0.2, 0.25) is 0 Å². The van der Waals surface area contributed by atoms with Crippen LogP contribution in [0.3, 0.4) is 0 Å². The molecule has 0 saturated carbocycles. The predicted octanol–water partition coefficient (Wildman–Crippen LogP) is 1.19. The van der Waals surface area contributed by atoms with Crippen molar-refractivity contribution in [3.05, 3.63) is 64.5 Å². The molecule has 0 radical (unpaired) electrons. The lowest BCUT2D eigenvalue weighted by Crippen LogP contribution is -3.10. The molecule has 9 heteroatoms. The molecular weight excluding hydrogens is 384 g/mol. The average Bonchev–Trinajstić information content (AvgIpc) is 3.48. The molecule has 9 nitrogen and oxygen atoms in total. The Kier molecular flexibility index (Phi) is 5.62. The van der Waals surface area contributed by atoms with Crippen LogP contribution in [0.2, 0.25) is 0 Å². The average molecular weight is 409 g/mol. The van der Waals surface area contributed by atoms with E-state index in [0.717, 1.165) is 25.3 Å². The number of nitro benzene ring substituents is 1. The van der Waals surface area contributed by atoms with Gasteiger partial charge in [-0.1, -0.05) is 6.07 Å². The second-order valence-electron chi connectivity index (χ2n) is 7.57. The van der Waals surface area contributed by atoms with Gasteiger partial charge in [0, 0.05) is 38.2 Å². The normalized spacial score (nSPS) is 14.2. The van der Waals surface area contributed by atoms with Crippen molar-refractivity contribution in [3.8, 4) is 17.1 Å². The Hall–Kier alpha value is -3.46. The third-order valence-corrected chi connectivity index (χ3v) is 5.51. The van der Waals surface area contributed by atoms with E-state index in [1.807, 2.05) is 29.9 Å². The van der Waals surface area contributed by atoms with Crippen molar-refractivity contribution >= 4 is 11.6 Å². The summed E-state index contributed by atoms with van der Waals surface area (Å²) in [5.74, 6) is -0.243. The van der Waals surface area contributed by atoms with Crippen molar-refractivity contribution in [1.29, 1.82) is 0 Å². The monoisotopic (exact) mass is 409 g/mol. The van der Waals surface area contributed by atoms with Gasteiger partial charge < -0.3 is 14.8 Å². The summed E-state index contributed by atoms with van der Waals surface area (Å²) in [6.45, 7) is 3.77. The standard InChI is InChI=1S/C21H24N6O3/c1-24-10-5-8-19(24)18-15-20(21(28)22-9-13-25-11-2-3-12-25)26(23-18)16-6-4-7-17(14-16)27(29)30/h4-8,10,14-15H,2-3,9,11-13H2,1H3,(H,22,28)/p+1. The van der Waals surface area contributed by atoms with E-state index in [2.05, 4.69) is 10.4 Å². The summed E-state index contributed by atoms with van der Waals surface area (Å²) < 4.78 is 3.39. The van der Waals surface area contributed by atoms with Crippen molar-refractivity contribution in [1.82, 2.24) is 19.7 Å². The first-order valence-corrected chi connectivity index (χ1v) is 10.1. The Morgan fingerprint density at radius 1 is 1.23 bits per heavy atom. The third-order valence-electron chi connectivity index (χ3n) is 5.51. The molecule has 156 valence electrons. The van der Waals surface area contributed by atoms with Gasteiger partial charge in [-0.2, -0.15) is 5.10 Å². The minimum absolute atomic E-state index is 0.0487. The molecule has 4 rings (SSSR count). The van der Waals surface area contributed by atoms with Crippen LogP contribution in [0.25, 0.3) is 17.1 Å². The summed E-state index contributed by atoms with van der Waals surface area (Å²) >= 11 is 0. The molecule has 1 aliphatic rings. The quantitative estimate of drug-likeness (QED) is 0.452. The molecule has 1 aromatic carbocycles. The van der Waals surface area contributed by atoms with Gasteiger partial charge in [-0.25, -0.2) is 4.68 Å². The van der Waals surface area contributed by atoms with Gasteiger partial charge in [0.1, 0.15) is 11.4 Å². The first-order valence-electron chi connectivity index (χ1n) is 10.1. The van der Waals surface area contributed by atoms with Crippen LogP contribution in [0.15, 0.2) is 48.7 Å². The lowest BCUT2D eigenvalue weighted by Gasteiger charge is -2.13. The predicted molar refractivity (Wildman–Crippen MR) is 112 cm³/mol. The molecule has 3 aromatic rings. The topological polar surface area (TPSA) is 99.4 Å². The molecule has 0 unspecified atom stereocenters. The number of amides is 1. The van der Waals surface area contributed by atoms with Crippen molar-refractivity contribution in [2.75, 3.05) is 26.2 Å². The molecule has 1 saturated heterocycles. The maximum atomic E-state index is 13.0. The van der Waals surface area contributed by atoms with Crippen molar-refractivity contribution < 1.29 is 14.6 Å². The van der Waals surface area contributed by atoms with Gasteiger partial charge in [0.05, 0.1) is 42.5 Å². The van der Waals surface area contributed by atoms with E-state index in [9.17, 15) is 14.9 Å². The van der Waals surface area contributed by atoms with Crippen LogP contribution in [0.5, 0.6) is 0 Å². The minimum Gasteiger partial charge on any atom is -0.349 e. The van der Waals surface area contributed by atoms with E-state index in [0.29, 0.717) is 23.6 Å². The second-order valence-corrected chi connectivity index (χ2v) is 7.57. The Labute approximate surface area is 174 Å². The van der Waals surface area contributed by atoms with Gasteiger partial charge in [-0.15, -0.1) is 0 Å². The number of nitrogens with zero attached hydrogens (tertiary/aromatic N) is 4. The van der Waals surface area contributed by atoms with Gasteiger partial charge in [0.25, 0.3) is 11.6 Å². The zero-order chi connectivity index (χ0) is 21.1. The summed E-state index contributed by atoms with van der Waals surface area (Å²) in [6.07, 6.45) is 4.38. The Bertz CT molecular complexity index is 1060. The maximum absolute atomic E-state index is 13.0. The van der Waals surface area contributed by atoms with Gasteiger partial charge >= 0.3 is 0 Å². The number of rotatable bonds is 7. The number of carbonyl (C=O) groups excluding carboxylic acids is 1. The summed E-state index contributed by atoms with van der Waals surface area (Å²) in [5.41, 5.74) is 2.26.